The second-order valence-electron chi connectivity index (χ2n) is 7.46. The summed E-state index contributed by atoms with van der Waals surface area (Å²) in [7, 11) is 0. The van der Waals surface area contributed by atoms with Gasteiger partial charge in [-0.1, -0.05) is 0 Å². The molecule has 0 spiro atoms. The van der Waals surface area contributed by atoms with Crippen LogP contribution >= 0.6 is 0 Å². The summed E-state index contributed by atoms with van der Waals surface area (Å²) >= 11 is -2.48. The minimum absolute atomic E-state index is 0.100. The third kappa shape index (κ3) is 1.97. The first kappa shape index (κ1) is 15.0. The zero-order chi connectivity index (χ0) is 16.1. The van der Waals surface area contributed by atoms with Crippen LogP contribution in [0.5, 0.6) is 0 Å². The van der Waals surface area contributed by atoms with Crippen molar-refractivity contribution in [1.82, 2.24) is 0 Å². The summed E-state index contributed by atoms with van der Waals surface area (Å²) in [6.07, 6.45) is 0. The molecule has 1 heteroatoms. The summed E-state index contributed by atoms with van der Waals surface area (Å²) < 4.78 is 0.100. The Kier molecular flexibility index (Phi) is 3.42. The Bertz CT molecular complexity index is 811. The molecule has 1 aliphatic rings. The SMILES string of the molecule is [CH3][Sn]([CH3])([CH3])[C]1(c2ccccc2)c2ccccc2-c2ccccc21. The van der Waals surface area contributed by atoms with Crippen LogP contribution in [-0.2, 0) is 3.43 Å². The molecule has 0 bridgehead atoms. The van der Waals surface area contributed by atoms with Gasteiger partial charge < -0.3 is 0 Å². The Hall–Kier alpha value is -1.54. The van der Waals surface area contributed by atoms with Crippen LogP contribution in [0.3, 0.4) is 0 Å². The van der Waals surface area contributed by atoms with Crippen molar-refractivity contribution in [3.8, 4) is 11.1 Å². The van der Waals surface area contributed by atoms with Crippen LogP contribution in [0.2, 0.25) is 14.8 Å². The van der Waals surface area contributed by atoms with E-state index in [1.165, 1.54) is 27.8 Å². The Morgan fingerprint density at radius 3 is 1.48 bits per heavy atom. The van der Waals surface area contributed by atoms with E-state index in [-0.39, 0.29) is 3.43 Å². The first-order valence-corrected chi connectivity index (χ1v) is 18.3. The first-order chi connectivity index (χ1) is 11.1. The van der Waals surface area contributed by atoms with Gasteiger partial charge in [0, 0.05) is 0 Å². The zero-order valence-electron chi connectivity index (χ0n) is 14.0. The fraction of sp³-hybridized carbons (Fsp3) is 0.182. The second kappa shape index (κ2) is 5.24. The summed E-state index contributed by atoms with van der Waals surface area (Å²) in [5, 5.41) is 0. The predicted octanol–water partition coefficient (Wildman–Crippen LogP) is 5.88. The summed E-state index contributed by atoms with van der Waals surface area (Å²) in [5.74, 6) is 0. The number of fused-ring (bicyclic) bond motifs is 3. The van der Waals surface area contributed by atoms with E-state index in [4.69, 9.17) is 0 Å². The van der Waals surface area contributed by atoms with Crippen molar-refractivity contribution in [2.45, 2.75) is 18.2 Å². The van der Waals surface area contributed by atoms with Gasteiger partial charge in [-0.25, -0.2) is 0 Å². The van der Waals surface area contributed by atoms with Crippen molar-refractivity contribution in [3.05, 3.63) is 95.6 Å². The predicted molar refractivity (Wildman–Crippen MR) is 102 cm³/mol. The molecule has 0 N–H and O–H groups in total. The molecule has 3 aromatic carbocycles. The van der Waals surface area contributed by atoms with Crippen LogP contribution in [0.4, 0.5) is 0 Å². The molecule has 0 saturated carbocycles. The second-order valence-corrected chi connectivity index (χ2v) is 22.4. The van der Waals surface area contributed by atoms with E-state index in [0.29, 0.717) is 0 Å². The van der Waals surface area contributed by atoms with Crippen LogP contribution in [0.15, 0.2) is 78.9 Å². The van der Waals surface area contributed by atoms with Gasteiger partial charge in [0.25, 0.3) is 0 Å². The fourth-order valence-corrected chi connectivity index (χ4v) is 13.3. The standard InChI is InChI=1S/C19H13.3CH3.Sn/c1-2-8-14(9-3-1)19-17-12-6-4-10-15(17)16-11-5-7-13-18(16)19;;;;/h1-13H;3*1H3;. The molecule has 0 heterocycles. The molecular formula is C22H22Sn. The van der Waals surface area contributed by atoms with E-state index in [2.05, 4.69) is 93.7 Å². The monoisotopic (exact) mass is 406 g/mol. The van der Waals surface area contributed by atoms with Gasteiger partial charge in [-0.3, -0.25) is 0 Å². The molecule has 23 heavy (non-hydrogen) atoms. The molecule has 0 amide bonds. The van der Waals surface area contributed by atoms with Gasteiger partial charge in [0.1, 0.15) is 0 Å². The van der Waals surface area contributed by atoms with Crippen molar-refractivity contribution >= 4 is 18.4 Å². The maximum atomic E-state index is 2.57. The van der Waals surface area contributed by atoms with Crippen LogP contribution < -0.4 is 0 Å². The van der Waals surface area contributed by atoms with Gasteiger partial charge >= 0.3 is 143 Å². The zero-order valence-corrected chi connectivity index (χ0v) is 16.9. The molecule has 114 valence electrons. The fourth-order valence-electron chi connectivity index (χ4n) is 4.48. The average Bonchev–Trinajstić information content (AvgIpc) is 2.87. The molecule has 0 saturated heterocycles. The van der Waals surface area contributed by atoms with Crippen molar-refractivity contribution in [2.24, 2.45) is 0 Å². The molecule has 0 radical (unpaired) electrons. The Balaban J connectivity index is 2.19. The van der Waals surface area contributed by atoms with E-state index in [1.807, 2.05) is 0 Å². The molecule has 3 aromatic rings. The molecule has 0 unspecified atom stereocenters. The Morgan fingerprint density at radius 2 is 1.00 bits per heavy atom. The van der Waals surface area contributed by atoms with Crippen LogP contribution in [0, 0.1) is 0 Å². The average molecular weight is 405 g/mol. The molecule has 0 atom stereocenters. The summed E-state index contributed by atoms with van der Waals surface area (Å²) in [4.78, 5) is 7.71. The van der Waals surface area contributed by atoms with E-state index in [0.717, 1.165) is 0 Å². The van der Waals surface area contributed by atoms with Crippen LogP contribution in [0.25, 0.3) is 11.1 Å². The molecule has 1 aliphatic carbocycles. The Morgan fingerprint density at radius 1 is 0.565 bits per heavy atom. The van der Waals surface area contributed by atoms with Crippen molar-refractivity contribution in [1.29, 1.82) is 0 Å². The third-order valence-corrected chi connectivity index (χ3v) is 14.1. The van der Waals surface area contributed by atoms with Gasteiger partial charge in [0.15, 0.2) is 0 Å². The summed E-state index contributed by atoms with van der Waals surface area (Å²) in [6.45, 7) is 0. The first-order valence-electron chi connectivity index (χ1n) is 8.32. The van der Waals surface area contributed by atoms with E-state index in [9.17, 15) is 0 Å². The molecule has 0 aliphatic heterocycles. The van der Waals surface area contributed by atoms with Gasteiger partial charge in [-0.15, -0.1) is 0 Å². The van der Waals surface area contributed by atoms with E-state index in [1.54, 1.807) is 0 Å². The number of benzene rings is 3. The quantitative estimate of drug-likeness (QED) is 0.468. The topological polar surface area (TPSA) is 0 Å². The summed E-state index contributed by atoms with van der Waals surface area (Å²) in [6, 6.07) is 29.3. The summed E-state index contributed by atoms with van der Waals surface area (Å²) in [5.41, 5.74) is 7.38. The molecule has 0 nitrogen and oxygen atoms in total. The Labute approximate surface area is 143 Å². The van der Waals surface area contributed by atoms with Gasteiger partial charge in [0.2, 0.25) is 0 Å². The van der Waals surface area contributed by atoms with Gasteiger partial charge in [-0.05, 0) is 0 Å². The third-order valence-electron chi connectivity index (χ3n) is 5.28. The van der Waals surface area contributed by atoms with Crippen molar-refractivity contribution in [3.63, 3.8) is 0 Å². The maximum absolute atomic E-state index is 2.57. The number of hydrogen-bond donors (Lipinski definition) is 0. The molecule has 0 fully saturated rings. The number of rotatable bonds is 2. The van der Waals surface area contributed by atoms with Crippen molar-refractivity contribution < 1.29 is 0 Å². The van der Waals surface area contributed by atoms with E-state index < -0.39 is 18.4 Å². The van der Waals surface area contributed by atoms with Gasteiger partial charge in [-0.2, -0.15) is 0 Å². The van der Waals surface area contributed by atoms with Crippen molar-refractivity contribution in [2.75, 3.05) is 0 Å². The van der Waals surface area contributed by atoms with Crippen LogP contribution in [0.1, 0.15) is 16.7 Å². The molecular weight excluding hydrogens is 383 g/mol. The number of hydrogen-bond acceptors (Lipinski definition) is 0. The minimum atomic E-state index is -2.48. The molecule has 4 rings (SSSR count). The van der Waals surface area contributed by atoms with E-state index >= 15 is 0 Å². The molecule has 0 aromatic heterocycles. The van der Waals surface area contributed by atoms with Crippen LogP contribution in [-0.4, -0.2) is 18.4 Å². The normalized spacial score (nSPS) is 15.1. The van der Waals surface area contributed by atoms with Gasteiger partial charge in [0.05, 0.1) is 0 Å².